The molecule has 0 aliphatic carbocycles. The van der Waals surface area contributed by atoms with Gasteiger partial charge in [0.25, 0.3) is 5.91 Å². The summed E-state index contributed by atoms with van der Waals surface area (Å²) in [7, 11) is 1.34. The molecule has 1 aromatic heterocycles. The van der Waals surface area contributed by atoms with Crippen LogP contribution in [0.25, 0.3) is 0 Å². The van der Waals surface area contributed by atoms with Crippen LogP contribution in [-0.4, -0.2) is 19.0 Å². The standard InChI is InChI=1S/C14H12INO3S/c1-8-5-9(14(18)19-2)3-4-11(8)16-13(17)10-6-12(15)20-7-10/h3-7H,1-2H3,(H,16,17). The Morgan fingerprint density at radius 1 is 1.25 bits per heavy atom. The Hall–Kier alpha value is -1.41. The summed E-state index contributed by atoms with van der Waals surface area (Å²) in [6.45, 7) is 1.83. The summed E-state index contributed by atoms with van der Waals surface area (Å²) < 4.78 is 5.72. The van der Waals surface area contributed by atoms with Gasteiger partial charge in [-0.1, -0.05) is 0 Å². The number of hydrogen-bond acceptors (Lipinski definition) is 4. The van der Waals surface area contributed by atoms with Gasteiger partial charge in [-0.15, -0.1) is 11.3 Å². The van der Waals surface area contributed by atoms with Crippen LogP contribution in [0.1, 0.15) is 26.3 Å². The highest BCUT2D eigenvalue weighted by Crippen LogP contribution is 2.21. The fourth-order valence-corrected chi connectivity index (χ4v) is 3.00. The molecule has 2 aromatic rings. The molecule has 0 unspecified atom stereocenters. The van der Waals surface area contributed by atoms with Gasteiger partial charge in [0.1, 0.15) is 0 Å². The predicted octanol–water partition coefficient (Wildman–Crippen LogP) is 3.70. The van der Waals surface area contributed by atoms with E-state index in [-0.39, 0.29) is 5.91 Å². The molecule has 20 heavy (non-hydrogen) atoms. The first-order chi connectivity index (χ1) is 9.51. The minimum Gasteiger partial charge on any atom is -0.465 e. The summed E-state index contributed by atoms with van der Waals surface area (Å²) in [6, 6.07) is 6.86. The molecule has 0 bridgehead atoms. The molecule has 1 N–H and O–H groups in total. The molecule has 0 spiro atoms. The van der Waals surface area contributed by atoms with Crippen molar-refractivity contribution in [3.8, 4) is 0 Å². The van der Waals surface area contributed by atoms with Crippen molar-refractivity contribution in [2.45, 2.75) is 6.92 Å². The van der Waals surface area contributed by atoms with E-state index in [1.807, 2.05) is 18.4 Å². The number of rotatable bonds is 3. The van der Waals surface area contributed by atoms with Gasteiger partial charge in [0, 0.05) is 11.1 Å². The van der Waals surface area contributed by atoms with E-state index < -0.39 is 5.97 Å². The molecule has 1 aromatic carbocycles. The molecule has 0 radical (unpaired) electrons. The van der Waals surface area contributed by atoms with E-state index in [9.17, 15) is 9.59 Å². The van der Waals surface area contributed by atoms with Crippen LogP contribution in [0.2, 0.25) is 0 Å². The van der Waals surface area contributed by atoms with E-state index in [1.54, 1.807) is 18.2 Å². The highest BCUT2D eigenvalue weighted by molar-refractivity contribution is 14.1. The number of hydrogen-bond donors (Lipinski definition) is 1. The maximum atomic E-state index is 12.1. The third-order valence-electron chi connectivity index (χ3n) is 2.73. The van der Waals surface area contributed by atoms with Gasteiger partial charge in [-0.2, -0.15) is 0 Å². The molecule has 2 rings (SSSR count). The van der Waals surface area contributed by atoms with Gasteiger partial charge >= 0.3 is 5.97 Å². The number of carbonyl (C=O) groups is 2. The Balaban J connectivity index is 2.18. The number of carbonyl (C=O) groups excluding carboxylic acids is 2. The van der Waals surface area contributed by atoms with Gasteiger partial charge in [0.15, 0.2) is 0 Å². The maximum Gasteiger partial charge on any atom is 0.337 e. The van der Waals surface area contributed by atoms with Crippen molar-refractivity contribution in [1.82, 2.24) is 0 Å². The van der Waals surface area contributed by atoms with E-state index in [4.69, 9.17) is 0 Å². The lowest BCUT2D eigenvalue weighted by Gasteiger charge is -2.09. The minimum absolute atomic E-state index is 0.155. The van der Waals surface area contributed by atoms with Crippen molar-refractivity contribution < 1.29 is 14.3 Å². The molecule has 104 valence electrons. The SMILES string of the molecule is COC(=O)c1ccc(NC(=O)c2csc(I)c2)c(C)c1. The number of benzene rings is 1. The van der Waals surface area contributed by atoms with Crippen molar-refractivity contribution in [2.75, 3.05) is 12.4 Å². The third-order valence-corrected chi connectivity index (χ3v) is 4.51. The highest BCUT2D eigenvalue weighted by Gasteiger charge is 2.11. The smallest absolute Gasteiger partial charge is 0.337 e. The number of methoxy groups -OCH3 is 1. The van der Waals surface area contributed by atoms with Gasteiger partial charge < -0.3 is 10.1 Å². The molecule has 0 fully saturated rings. The zero-order chi connectivity index (χ0) is 14.7. The molecule has 1 heterocycles. The fraction of sp³-hybridized carbons (Fsp3) is 0.143. The van der Waals surface area contributed by atoms with Crippen molar-refractivity contribution in [3.05, 3.63) is 49.2 Å². The molecule has 0 saturated carbocycles. The summed E-state index contributed by atoms with van der Waals surface area (Å²) in [4.78, 5) is 23.5. The Bertz CT molecular complexity index is 666. The van der Waals surface area contributed by atoms with E-state index in [0.717, 1.165) is 8.45 Å². The number of amides is 1. The first-order valence-corrected chi connectivity index (χ1v) is 7.71. The van der Waals surface area contributed by atoms with E-state index >= 15 is 0 Å². The van der Waals surface area contributed by atoms with Gasteiger partial charge in [0.05, 0.1) is 21.1 Å². The predicted molar refractivity (Wildman–Crippen MR) is 87.5 cm³/mol. The quantitative estimate of drug-likeness (QED) is 0.631. The number of ether oxygens (including phenoxy) is 1. The van der Waals surface area contributed by atoms with Crippen LogP contribution < -0.4 is 5.32 Å². The Kier molecular flexibility index (Phi) is 4.77. The lowest BCUT2D eigenvalue weighted by molar-refractivity contribution is 0.0600. The summed E-state index contributed by atoms with van der Waals surface area (Å²) in [6.07, 6.45) is 0. The van der Waals surface area contributed by atoms with Crippen LogP contribution in [-0.2, 0) is 4.74 Å². The topological polar surface area (TPSA) is 55.4 Å². The van der Waals surface area contributed by atoms with Gasteiger partial charge in [-0.3, -0.25) is 4.79 Å². The van der Waals surface area contributed by atoms with Crippen molar-refractivity contribution in [3.63, 3.8) is 0 Å². The van der Waals surface area contributed by atoms with Crippen molar-refractivity contribution in [2.24, 2.45) is 0 Å². The lowest BCUT2D eigenvalue weighted by Crippen LogP contribution is -2.12. The van der Waals surface area contributed by atoms with E-state index in [0.29, 0.717) is 16.8 Å². The van der Waals surface area contributed by atoms with Gasteiger partial charge in [0.2, 0.25) is 0 Å². The summed E-state index contributed by atoms with van der Waals surface area (Å²) in [5.74, 6) is -0.545. The molecule has 6 heteroatoms. The summed E-state index contributed by atoms with van der Waals surface area (Å²) in [5.41, 5.74) is 2.60. The highest BCUT2D eigenvalue weighted by atomic mass is 127. The summed E-state index contributed by atoms with van der Waals surface area (Å²) in [5, 5.41) is 4.65. The monoisotopic (exact) mass is 401 g/mol. The van der Waals surface area contributed by atoms with Crippen molar-refractivity contribution >= 4 is 51.5 Å². The first kappa shape index (κ1) is 15.0. The second-order valence-electron chi connectivity index (χ2n) is 4.11. The first-order valence-electron chi connectivity index (χ1n) is 5.75. The molecule has 0 saturated heterocycles. The molecule has 0 aliphatic heterocycles. The van der Waals surface area contributed by atoms with Crippen LogP contribution in [0, 0.1) is 9.81 Å². The summed E-state index contributed by atoms with van der Waals surface area (Å²) >= 11 is 3.70. The number of halogens is 1. The third kappa shape index (κ3) is 3.37. The van der Waals surface area contributed by atoms with E-state index in [1.165, 1.54) is 18.4 Å². The van der Waals surface area contributed by atoms with Crippen LogP contribution >= 0.6 is 33.9 Å². The minimum atomic E-state index is -0.390. The largest absolute Gasteiger partial charge is 0.465 e. The zero-order valence-electron chi connectivity index (χ0n) is 10.9. The average Bonchev–Trinajstić information content (AvgIpc) is 2.86. The molecule has 0 atom stereocenters. The van der Waals surface area contributed by atoms with Crippen LogP contribution in [0.5, 0.6) is 0 Å². The van der Waals surface area contributed by atoms with Crippen LogP contribution in [0.15, 0.2) is 29.6 Å². The number of aryl methyl sites for hydroxylation is 1. The number of esters is 1. The molecular formula is C14H12INO3S. The lowest BCUT2D eigenvalue weighted by atomic mass is 10.1. The Morgan fingerprint density at radius 3 is 2.55 bits per heavy atom. The fourth-order valence-electron chi connectivity index (χ4n) is 1.67. The Morgan fingerprint density at radius 2 is 2.00 bits per heavy atom. The van der Waals surface area contributed by atoms with Crippen LogP contribution in [0.3, 0.4) is 0 Å². The second kappa shape index (κ2) is 6.36. The maximum absolute atomic E-state index is 12.1. The molecular weight excluding hydrogens is 389 g/mol. The Labute approximate surface area is 134 Å². The molecule has 4 nitrogen and oxygen atoms in total. The molecule has 1 amide bonds. The van der Waals surface area contributed by atoms with Crippen molar-refractivity contribution in [1.29, 1.82) is 0 Å². The normalized spacial score (nSPS) is 10.2. The molecule has 0 aliphatic rings. The zero-order valence-corrected chi connectivity index (χ0v) is 13.9. The number of anilines is 1. The number of nitrogens with one attached hydrogen (secondary N) is 1. The van der Waals surface area contributed by atoms with E-state index in [2.05, 4.69) is 32.6 Å². The van der Waals surface area contributed by atoms with Gasteiger partial charge in [-0.05, 0) is 59.3 Å². The second-order valence-corrected chi connectivity index (χ2v) is 6.92. The van der Waals surface area contributed by atoms with Crippen LogP contribution in [0.4, 0.5) is 5.69 Å². The number of thiophene rings is 1. The van der Waals surface area contributed by atoms with Gasteiger partial charge in [-0.25, -0.2) is 4.79 Å². The average molecular weight is 401 g/mol.